The average molecular weight is 248 g/mol. The van der Waals surface area contributed by atoms with Gasteiger partial charge < -0.3 is 14.9 Å². The molecule has 0 aromatic heterocycles. The molecule has 0 aliphatic carbocycles. The van der Waals surface area contributed by atoms with Gasteiger partial charge in [0, 0.05) is 13.1 Å². The Hall–Kier alpha value is -1.67. The number of likely N-dealkylation sites (N-methyl/N-ethyl adjacent to an activating group) is 1. The van der Waals surface area contributed by atoms with E-state index >= 15 is 0 Å². The lowest BCUT2D eigenvalue weighted by molar-refractivity contribution is -0.141. The number of rotatable bonds is 10. The van der Waals surface area contributed by atoms with Crippen LogP contribution in [0, 0.1) is 0 Å². The summed E-state index contributed by atoms with van der Waals surface area (Å²) in [7, 11) is 1.67. The van der Waals surface area contributed by atoms with Gasteiger partial charge in [0.05, 0.1) is 13.1 Å². The molecule has 0 heterocycles. The summed E-state index contributed by atoms with van der Waals surface area (Å²) in [6.45, 7) is 0.370. The lowest BCUT2D eigenvalue weighted by Crippen LogP contribution is -2.40. The van der Waals surface area contributed by atoms with Crippen molar-refractivity contribution in [3.63, 3.8) is 0 Å². The largest absolute Gasteiger partial charge is 0.480 e. The fourth-order valence-corrected chi connectivity index (χ4v) is 1.13. The first-order valence-electron chi connectivity index (χ1n) is 4.85. The van der Waals surface area contributed by atoms with Gasteiger partial charge in [-0.25, -0.2) is 0 Å². The first kappa shape index (κ1) is 15.3. The van der Waals surface area contributed by atoms with E-state index in [4.69, 9.17) is 10.2 Å². The molecule has 0 aromatic rings. The predicted molar refractivity (Wildman–Crippen MR) is 56.4 cm³/mol. The number of carbonyl (C=O) groups excluding carboxylic acids is 1. The molecule has 0 aliphatic heterocycles. The number of carboxylic acids is 2. The SMILES string of the molecule is CN(CCN(CC(=O)O)CC(=O)O)COC=O. The van der Waals surface area contributed by atoms with E-state index in [-0.39, 0.29) is 26.4 Å². The third kappa shape index (κ3) is 9.27. The molecule has 0 saturated heterocycles. The Morgan fingerprint density at radius 3 is 2.12 bits per heavy atom. The molecule has 0 atom stereocenters. The molecule has 0 amide bonds. The van der Waals surface area contributed by atoms with Crippen molar-refractivity contribution in [2.75, 3.05) is 40.0 Å². The molecule has 0 aromatic carbocycles. The summed E-state index contributed by atoms with van der Waals surface area (Å²) >= 11 is 0. The van der Waals surface area contributed by atoms with Crippen molar-refractivity contribution in [1.29, 1.82) is 0 Å². The Labute approximate surface area is 98.4 Å². The molecule has 0 saturated carbocycles. The molecule has 8 nitrogen and oxygen atoms in total. The van der Waals surface area contributed by atoms with Gasteiger partial charge in [0.1, 0.15) is 6.73 Å². The molecule has 0 spiro atoms. The molecule has 0 unspecified atom stereocenters. The normalized spacial score (nSPS) is 10.5. The van der Waals surface area contributed by atoms with Crippen LogP contribution in [-0.2, 0) is 19.1 Å². The number of carboxylic acid groups (broad SMARTS) is 2. The van der Waals surface area contributed by atoms with Crippen molar-refractivity contribution < 1.29 is 29.3 Å². The van der Waals surface area contributed by atoms with Crippen molar-refractivity contribution >= 4 is 18.4 Å². The van der Waals surface area contributed by atoms with Crippen LogP contribution >= 0.6 is 0 Å². The van der Waals surface area contributed by atoms with Crippen molar-refractivity contribution in [1.82, 2.24) is 9.80 Å². The lowest BCUT2D eigenvalue weighted by Gasteiger charge is -2.21. The second kappa shape index (κ2) is 8.48. The number of carbonyl (C=O) groups is 3. The summed E-state index contributed by atoms with van der Waals surface area (Å²) < 4.78 is 4.48. The molecule has 0 rings (SSSR count). The highest BCUT2D eigenvalue weighted by molar-refractivity contribution is 5.72. The first-order valence-corrected chi connectivity index (χ1v) is 4.85. The highest BCUT2D eigenvalue weighted by atomic mass is 16.5. The van der Waals surface area contributed by atoms with Crippen LogP contribution in [0.4, 0.5) is 0 Å². The third-order valence-electron chi connectivity index (χ3n) is 1.88. The van der Waals surface area contributed by atoms with Gasteiger partial charge in [0.2, 0.25) is 0 Å². The number of hydrogen-bond donors (Lipinski definition) is 2. The molecular formula is C9H16N2O6. The van der Waals surface area contributed by atoms with E-state index in [0.717, 1.165) is 0 Å². The van der Waals surface area contributed by atoms with E-state index in [0.29, 0.717) is 13.0 Å². The van der Waals surface area contributed by atoms with E-state index in [1.54, 1.807) is 11.9 Å². The zero-order chi connectivity index (χ0) is 13.3. The van der Waals surface area contributed by atoms with Gasteiger partial charge in [-0.05, 0) is 7.05 Å². The van der Waals surface area contributed by atoms with Gasteiger partial charge >= 0.3 is 11.9 Å². The molecule has 0 aliphatic rings. The zero-order valence-corrected chi connectivity index (χ0v) is 9.53. The number of nitrogens with zero attached hydrogens (tertiary/aromatic N) is 2. The predicted octanol–water partition coefficient (Wildman–Crippen LogP) is -1.48. The minimum atomic E-state index is -1.09. The Balaban J connectivity index is 4.00. The molecular weight excluding hydrogens is 232 g/mol. The maximum Gasteiger partial charge on any atom is 0.317 e. The minimum absolute atomic E-state index is 0.0808. The highest BCUT2D eigenvalue weighted by Gasteiger charge is 2.13. The van der Waals surface area contributed by atoms with Crippen LogP contribution in [0.25, 0.3) is 0 Å². The van der Waals surface area contributed by atoms with Crippen molar-refractivity contribution in [2.45, 2.75) is 0 Å². The van der Waals surface area contributed by atoms with E-state index in [9.17, 15) is 14.4 Å². The van der Waals surface area contributed by atoms with Gasteiger partial charge in [-0.3, -0.25) is 24.2 Å². The van der Waals surface area contributed by atoms with Crippen molar-refractivity contribution in [3.05, 3.63) is 0 Å². The summed E-state index contributed by atoms with van der Waals surface area (Å²) in [6.07, 6.45) is 0. The van der Waals surface area contributed by atoms with E-state index in [2.05, 4.69) is 4.74 Å². The number of aliphatic carboxylic acids is 2. The second-order valence-electron chi connectivity index (χ2n) is 3.47. The third-order valence-corrected chi connectivity index (χ3v) is 1.88. The van der Waals surface area contributed by atoms with Gasteiger partial charge in [0.25, 0.3) is 6.47 Å². The monoisotopic (exact) mass is 248 g/mol. The summed E-state index contributed by atoms with van der Waals surface area (Å²) in [4.78, 5) is 33.8. The molecule has 2 N–H and O–H groups in total. The molecule has 98 valence electrons. The van der Waals surface area contributed by atoms with Crippen LogP contribution in [0.5, 0.6) is 0 Å². The lowest BCUT2D eigenvalue weighted by atomic mass is 10.4. The van der Waals surface area contributed by atoms with Gasteiger partial charge in [-0.1, -0.05) is 0 Å². The van der Waals surface area contributed by atoms with Crippen LogP contribution in [0.15, 0.2) is 0 Å². The Kier molecular flexibility index (Phi) is 7.65. The summed E-state index contributed by atoms with van der Waals surface area (Å²) in [5, 5.41) is 17.2. The van der Waals surface area contributed by atoms with Gasteiger partial charge in [-0.15, -0.1) is 0 Å². The van der Waals surface area contributed by atoms with Crippen molar-refractivity contribution in [2.24, 2.45) is 0 Å². The van der Waals surface area contributed by atoms with E-state index in [1.165, 1.54) is 4.90 Å². The summed E-state index contributed by atoms with van der Waals surface area (Å²) in [5.74, 6) is -2.17. The summed E-state index contributed by atoms with van der Waals surface area (Å²) in [6, 6.07) is 0. The average Bonchev–Trinajstić information content (AvgIpc) is 2.21. The van der Waals surface area contributed by atoms with Crippen molar-refractivity contribution in [3.8, 4) is 0 Å². The molecule has 0 fully saturated rings. The van der Waals surface area contributed by atoms with Gasteiger partial charge in [0.15, 0.2) is 0 Å². The molecule has 17 heavy (non-hydrogen) atoms. The Morgan fingerprint density at radius 1 is 1.18 bits per heavy atom. The maximum absolute atomic E-state index is 10.5. The van der Waals surface area contributed by atoms with Gasteiger partial charge in [-0.2, -0.15) is 0 Å². The van der Waals surface area contributed by atoms with Crippen LogP contribution < -0.4 is 0 Å². The fourth-order valence-electron chi connectivity index (χ4n) is 1.13. The maximum atomic E-state index is 10.5. The second-order valence-corrected chi connectivity index (χ2v) is 3.47. The quantitative estimate of drug-likeness (QED) is 0.356. The molecule has 0 radical (unpaired) electrons. The van der Waals surface area contributed by atoms with Crippen LogP contribution in [0.3, 0.4) is 0 Å². The first-order chi connectivity index (χ1) is 7.95. The Morgan fingerprint density at radius 2 is 1.71 bits per heavy atom. The summed E-state index contributed by atoms with van der Waals surface area (Å²) in [5.41, 5.74) is 0. The standard InChI is InChI=1S/C9H16N2O6/c1-10(6-17-7-12)2-3-11(4-8(13)14)5-9(15)16/h7H,2-6H2,1H3,(H,13,14)(H,15,16). The number of ether oxygens (including phenoxy) is 1. The molecule has 0 bridgehead atoms. The highest BCUT2D eigenvalue weighted by Crippen LogP contribution is 1.91. The fraction of sp³-hybridized carbons (Fsp3) is 0.667. The van der Waals surface area contributed by atoms with E-state index < -0.39 is 11.9 Å². The van der Waals surface area contributed by atoms with Crippen LogP contribution in [0.2, 0.25) is 0 Å². The van der Waals surface area contributed by atoms with Crippen LogP contribution in [0.1, 0.15) is 0 Å². The molecule has 8 heteroatoms. The van der Waals surface area contributed by atoms with E-state index in [1.807, 2.05) is 0 Å². The minimum Gasteiger partial charge on any atom is -0.480 e. The zero-order valence-electron chi connectivity index (χ0n) is 9.53. The van der Waals surface area contributed by atoms with Crippen LogP contribution in [-0.4, -0.2) is 78.4 Å². The number of hydrogen-bond acceptors (Lipinski definition) is 6. The smallest absolute Gasteiger partial charge is 0.317 e. The Bertz CT molecular complexity index is 254. The topological polar surface area (TPSA) is 107 Å².